The van der Waals surface area contributed by atoms with Gasteiger partial charge in [-0.3, -0.25) is 10.00 Å². The average Bonchev–Trinajstić information content (AvgIpc) is 2.92. The molecule has 5 heteroatoms. The van der Waals surface area contributed by atoms with Crippen LogP contribution >= 0.6 is 0 Å². The minimum absolute atomic E-state index is 0.263. The standard InChI is InChI=1S/C13H20N4O/c14-13(18)17(10-6-3-7-10)12-8-11(15-16-12)9-4-1-2-5-9/h8-10H,1-7H2,(H2,14,18)(H,15,16). The number of urea groups is 1. The average molecular weight is 248 g/mol. The molecule has 0 atom stereocenters. The number of amides is 2. The molecule has 1 heterocycles. The fourth-order valence-corrected chi connectivity index (χ4v) is 3.02. The van der Waals surface area contributed by atoms with Crippen LogP contribution in [0.5, 0.6) is 0 Å². The lowest BCUT2D eigenvalue weighted by Crippen LogP contribution is -2.47. The number of hydrogen-bond acceptors (Lipinski definition) is 2. The summed E-state index contributed by atoms with van der Waals surface area (Å²) in [5.41, 5.74) is 6.57. The van der Waals surface area contributed by atoms with Crippen LogP contribution < -0.4 is 10.6 Å². The van der Waals surface area contributed by atoms with Crippen LogP contribution in [0.2, 0.25) is 0 Å². The normalized spacial score (nSPS) is 20.9. The van der Waals surface area contributed by atoms with Crippen molar-refractivity contribution >= 4 is 11.8 Å². The number of primary amides is 1. The quantitative estimate of drug-likeness (QED) is 0.862. The summed E-state index contributed by atoms with van der Waals surface area (Å²) in [4.78, 5) is 13.2. The number of aromatic nitrogens is 2. The number of hydrogen-bond donors (Lipinski definition) is 2. The van der Waals surface area contributed by atoms with Crippen molar-refractivity contribution in [1.29, 1.82) is 0 Å². The second-order valence-electron chi connectivity index (χ2n) is 5.45. The molecule has 0 aliphatic heterocycles. The first-order chi connectivity index (χ1) is 8.75. The van der Waals surface area contributed by atoms with Gasteiger partial charge >= 0.3 is 6.03 Å². The Morgan fingerprint density at radius 1 is 1.28 bits per heavy atom. The molecule has 1 aromatic heterocycles. The highest BCUT2D eigenvalue weighted by Gasteiger charge is 2.30. The topological polar surface area (TPSA) is 75.0 Å². The molecule has 0 saturated heterocycles. The molecule has 98 valence electrons. The Morgan fingerprint density at radius 2 is 2.00 bits per heavy atom. The van der Waals surface area contributed by atoms with Crippen molar-refractivity contribution < 1.29 is 4.79 Å². The lowest BCUT2D eigenvalue weighted by atomic mass is 9.91. The summed E-state index contributed by atoms with van der Waals surface area (Å²) in [7, 11) is 0. The molecule has 0 radical (unpaired) electrons. The van der Waals surface area contributed by atoms with E-state index in [1.165, 1.54) is 32.1 Å². The SMILES string of the molecule is NC(=O)N(c1cc(C2CCCC2)n[nH]1)C1CCC1. The first-order valence-electron chi connectivity index (χ1n) is 6.89. The first-order valence-corrected chi connectivity index (χ1v) is 6.89. The lowest BCUT2D eigenvalue weighted by molar-refractivity contribution is 0.246. The van der Waals surface area contributed by atoms with Crippen molar-refractivity contribution in [3.05, 3.63) is 11.8 Å². The number of anilines is 1. The zero-order chi connectivity index (χ0) is 12.5. The van der Waals surface area contributed by atoms with Crippen molar-refractivity contribution in [2.45, 2.75) is 56.9 Å². The van der Waals surface area contributed by atoms with Gasteiger partial charge < -0.3 is 5.73 Å². The lowest BCUT2D eigenvalue weighted by Gasteiger charge is -2.35. The van der Waals surface area contributed by atoms with E-state index in [2.05, 4.69) is 10.2 Å². The van der Waals surface area contributed by atoms with Crippen molar-refractivity contribution in [3.8, 4) is 0 Å². The summed E-state index contributed by atoms with van der Waals surface area (Å²) in [6, 6.07) is 1.90. The summed E-state index contributed by atoms with van der Waals surface area (Å²) >= 11 is 0. The van der Waals surface area contributed by atoms with Gasteiger partial charge in [-0.05, 0) is 32.1 Å². The van der Waals surface area contributed by atoms with Gasteiger partial charge in [0.1, 0.15) is 5.82 Å². The predicted molar refractivity (Wildman–Crippen MR) is 69.5 cm³/mol. The van der Waals surface area contributed by atoms with E-state index in [9.17, 15) is 4.79 Å². The molecule has 0 spiro atoms. The first kappa shape index (κ1) is 11.6. The summed E-state index contributed by atoms with van der Waals surface area (Å²) in [6.07, 6.45) is 8.26. The molecule has 18 heavy (non-hydrogen) atoms. The Morgan fingerprint density at radius 3 is 2.56 bits per heavy atom. The smallest absolute Gasteiger partial charge is 0.320 e. The molecule has 0 bridgehead atoms. The van der Waals surface area contributed by atoms with E-state index in [-0.39, 0.29) is 12.1 Å². The maximum Gasteiger partial charge on any atom is 0.320 e. The number of H-pyrrole nitrogens is 1. The fraction of sp³-hybridized carbons (Fsp3) is 0.692. The van der Waals surface area contributed by atoms with Gasteiger partial charge in [0.05, 0.1) is 5.69 Å². The summed E-state index contributed by atoms with van der Waals surface area (Å²) < 4.78 is 0. The Labute approximate surface area is 107 Å². The zero-order valence-corrected chi connectivity index (χ0v) is 10.6. The van der Waals surface area contributed by atoms with Crippen LogP contribution in [-0.2, 0) is 0 Å². The number of rotatable bonds is 3. The molecule has 0 aromatic carbocycles. The van der Waals surface area contributed by atoms with Gasteiger partial charge in [0.2, 0.25) is 0 Å². The van der Waals surface area contributed by atoms with Crippen molar-refractivity contribution in [2.75, 3.05) is 4.90 Å². The number of nitrogens with two attached hydrogens (primary N) is 1. The molecular formula is C13H20N4O. The third-order valence-electron chi connectivity index (χ3n) is 4.29. The van der Waals surface area contributed by atoms with Gasteiger partial charge in [-0.1, -0.05) is 12.8 Å². The summed E-state index contributed by atoms with van der Waals surface area (Å²) in [5, 5.41) is 7.36. The number of nitrogens with one attached hydrogen (secondary N) is 1. The molecule has 2 aliphatic carbocycles. The highest BCUT2D eigenvalue weighted by molar-refractivity contribution is 5.90. The van der Waals surface area contributed by atoms with Crippen molar-refractivity contribution in [2.24, 2.45) is 5.73 Å². The van der Waals surface area contributed by atoms with E-state index in [0.29, 0.717) is 5.92 Å². The highest BCUT2D eigenvalue weighted by Crippen LogP contribution is 2.35. The second-order valence-corrected chi connectivity index (χ2v) is 5.45. The molecule has 1 aromatic rings. The van der Waals surface area contributed by atoms with Crippen molar-refractivity contribution in [1.82, 2.24) is 10.2 Å². The monoisotopic (exact) mass is 248 g/mol. The molecule has 0 unspecified atom stereocenters. The van der Waals surface area contributed by atoms with Gasteiger partial charge in [-0.2, -0.15) is 5.10 Å². The maximum atomic E-state index is 11.6. The molecular weight excluding hydrogens is 228 g/mol. The van der Waals surface area contributed by atoms with Crippen LogP contribution in [0.1, 0.15) is 56.6 Å². The van der Waals surface area contributed by atoms with E-state index >= 15 is 0 Å². The molecule has 2 saturated carbocycles. The number of aromatic amines is 1. The van der Waals surface area contributed by atoms with Crippen LogP contribution in [-0.4, -0.2) is 22.3 Å². The van der Waals surface area contributed by atoms with Crippen LogP contribution in [0, 0.1) is 0 Å². The van der Waals surface area contributed by atoms with Crippen LogP contribution in [0.3, 0.4) is 0 Å². The third kappa shape index (κ3) is 1.98. The van der Waals surface area contributed by atoms with E-state index in [1.54, 1.807) is 4.90 Å². The number of nitrogens with zero attached hydrogens (tertiary/aromatic N) is 2. The Hall–Kier alpha value is -1.52. The molecule has 2 aliphatic rings. The fourth-order valence-electron chi connectivity index (χ4n) is 3.02. The largest absolute Gasteiger partial charge is 0.351 e. The minimum atomic E-state index is -0.374. The van der Waals surface area contributed by atoms with E-state index in [1.807, 2.05) is 6.07 Å². The third-order valence-corrected chi connectivity index (χ3v) is 4.29. The van der Waals surface area contributed by atoms with Gasteiger partial charge in [-0.15, -0.1) is 0 Å². The van der Waals surface area contributed by atoms with Gasteiger partial charge in [0.15, 0.2) is 0 Å². The van der Waals surface area contributed by atoms with E-state index < -0.39 is 0 Å². The van der Waals surface area contributed by atoms with E-state index in [0.717, 1.165) is 24.4 Å². The van der Waals surface area contributed by atoms with Crippen molar-refractivity contribution in [3.63, 3.8) is 0 Å². The molecule has 2 fully saturated rings. The molecule has 5 nitrogen and oxygen atoms in total. The predicted octanol–water partition coefficient (Wildman–Crippen LogP) is 2.50. The molecule has 3 N–H and O–H groups in total. The van der Waals surface area contributed by atoms with Crippen LogP contribution in [0.25, 0.3) is 0 Å². The zero-order valence-electron chi connectivity index (χ0n) is 10.6. The number of carbonyl (C=O) groups is 1. The Bertz CT molecular complexity index is 432. The number of carbonyl (C=O) groups excluding carboxylic acids is 1. The molecule has 3 rings (SSSR count). The Balaban J connectivity index is 1.79. The van der Waals surface area contributed by atoms with Gasteiger partial charge in [-0.25, -0.2) is 4.79 Å². The van der Waals surface area contributed by atoms with Gasteiger partial charge in [0, 0.05) is 18.0 Å². The minimum Gasteiger partial charge on any atom is -0.351 e. The maximum absolute atomic E-state index is 11.6. The van der Waals surface area contributed by atoms with E-state index in [4.69, 9.17) is 5.73 Å². The highest BCUT2D eigenvalue weighted by atomic mass is 16.2. The Kier molecular flexibility index (Phi) is 2.97. The molecule has 2 amide bonds. The van der Waals surface area contributed by atoms with Crippen LogP contribution in [0.15, 0.2) is 6.07 Å². The second kappa shape index (κ2) is 4.63. The van der Waals surface area contributed by atoms with Crippen LogP contribution in [0.4, 0.5) is 10.6 Å². The summed E-state index contributed by atoms with van der Waals surface area (Å²) in [5.74, 6) is 1.33. The summed E-state index contributed by atoms with van der Waals surface area (Å²) in [6.45, 7) is 0. The van der Waals surface area contributed by atoms with Gasteiger partial charge in [0.25, 0.3) is 0 Å².